The van der Waals surface area contributed by atoms with Crippen molar-refractivity contribution in [2.45, 2.75) is 13.8 Å². The van der Waals surface area contributed by atoms with Gasteiger partial charge in [-0.25, -0.2) is 9.97 Å². The number of para-hydroxylation sites is 2. The molecule has 6 rings (SSSR count). The van der Waals surface area contributed by atoms with Crippen LogP contribution in [0.5, 0.6) is 11.5 Å². The minimum atomic E-state index is -0.0869. The van der Waals surface area contributed by atoms with Gasteiger partial charge in [-0.1, -0.05) is 95.4 Å². The fourth-order valence-corrected chi connectivity index (χ4v) is 4.71. The van der Waals surface area contributed by atoms with Crippen LogP contribution in [0.3, 0.4) is 0 Å². The fourth-order valence-electron chi connectivity index (χ4n) is 3.95. The molecule has 2 heterocycles. The number of aryl methyl sites for hydroxylation is 2. The first-order valence-electron chi connectivity index (χ1n) is 12.6. The van der Waals surface area contributed by atoms with E-state index in [1.54, 1.807) is 12.1 Å². The molecule has 0 unspecified atom stereocenters. The highest BCUT2D eigenvalue weighted by Crippen LogP contribution is 2.23. The Hall–Kier alpha value is -4.04. The fraction of sp³-hybridized carbons (Fsp3) is 0.0625. The molecule has 3 radical (unpaired) electrons. The Labute approximate surface area is 248 Å². The van der Waals surface area contributed by atoms with Gasteiger partial charge in [-0.15, -0.1) is 0 Å². The second kappa shape index (κ2) is 14.4. The topological polar surface area (TPSA) is 91.0 Å². The first kappa shape index (κ1) is 29.0. The van der Waals surface area contributed by atoms with Crippen molar-refractivity contribution in [3.63, 3.8) is 0 Å². The van der Waals surface area contributed by atoms with E-state index in [2.05, 4.69) is 83.2 Å². The van der Waals surface area contributed by atoms with Crippen LogP contribution in [0, 0.1) is 13.8 Å². The van der Waals surface area contributed by atoms with Crippen LogP contribution < -0.4 is 4.43 Å². The second-order valence-corrected chi connectivity index (χ2v) is 10.3. The van der Waals surface area contributed by atoms with E-state index in [1.807, 2.05) is 68.4 Å². The quantitative estimate of drug-likeness (QED) is 0.190. The van der Waals surface area contributed by atoms with Crippen LogP contribution >= 0.6 is 0 Å². The standard InChI is InChI=1S/C12H9.2C10H9NO.2Al.N2/c1-3-7-11(8-4-1)12-9-5-2-6-10-12;2*1-7-5-6-8-3-2-4-9(12)10(8)11-7;;;1-2/h1,3-10H;2*2-6,12H,1H3;;;/q;;;2*+1;-2. The zero-order chi connectivity index (χ0) is 28.3. The summed E-state index contributed by atoms with van der Waals surface area (Å²) >= 11 is 2.17. The maximum absolute atomic E-state index is 9.43. The highest BCUT2D eigenvalue weighted by molar-refractivity contribution is 6.51. The number of rotatable bonds is 3. The van der Waals surface area contributed by atoms with E-state index in [1.165, 1.54) is 15.6 Å². The number of hydrogen-bond acceptors (Lipinski definition) is 6. The molecular formula is C32H27Al2N4O2. The van der Waals surface area contributed by atoms with Crippen molar-refractivity contribution in [1.29, 1.82) is 0 Å². The van der Waals surface area contributed by atoms with Crippen molar-refractivity contribution in [3.05, 3.63) is 127 Å². The Morgan fingerprint density at radius 1 is 0.575 bits per heavy atom. The zero-order valence-corrected chi connectivity index (χ0v) is 24.6. The van der Waals surface area contributed by atoms with E-state index in [4.69, 9.17) is 0 Å². The molecule has 0 saturated carbocycles. The molecule has 193 valence electrons. The lowest BCUT2D eigenvalue weighted by atomic mass is 10.1. The predicted molar refractivity (Wildman–Crippen MR) is 164 cm³/mol. The Morgan fingerprint density at radius 2 is 1.07 bits per heavy atom. The molecule has 0 aliphatic heterocycles. The van der Waals surface area contributed by atoms with Gasteiger partial charge in [0.2, 0.25) is 0 Å². The first-order chi connectivity index (χ1) is 19.4. The SMILES string of the molecule is Cc1ccc2cccc(O)c2n1.Cc1ccc2cccc(O)c2n1.[Al][N]=[N][Al][c]1ccc(-c2ccccc2)cc1. The Bertz CT molecular complexity index is 1640. The summed E-state index contributed by atoms with van der Waals surface area (Å²) in [6, 6.07) is 37.4. The summed E-state index contributed by atoms with van der Waals surface area (Å²) in [4.78, 5) is 8.45. The third-order valence-electron chi connectivity index (χ3n) is 5.97. The van der Waals surface area contributed by atoms with Crippen molar-refractivity contribution in [2.24, 2.45) is 8.20 Å². The van der Waals surface area contributed by atoms with Crippen LogP contribution in [-0.2, 0) is 0 Å². The van der Waals surface area contributed by atoms with Gasteiger partial charge in [-0.3, -0.25) is 0 Å². The van der Waals surface area contributed by atoms with Crippen LogP contribution in [-0.4, -0.2) is 52.1 Å². The smallest absolute Gasteiger partial charge is 0.474 e. The van der Waals surface area contributed by atoms with Crippen molar-refractivity contribution < 1.29 is 10.2 Å². The van der Waals surface area contributed by atoms with Gasteiger partial charge in [0.1, 0.15) is 22.5 Å². The highest BCUT2D eigenvalue weighted by atomic mass is 27.1. The van der Waals surface area contributed by atoms with Gasteiger partial charge in [-0.05, 0) is 49.2 Å². The Balaban J connectivity index is 0.000000141. The van der Waals surface area contributed by atoms with E-state index in [0.29, 0.717) is 11.0 Å². The zero-order valence-electron chi connectivity index (χ0n) is 22.3. The van der Waals surface area contributed by atoms with Gasteiger partial charge in [0.15, 0.2) is 0 Å². The maximum Gasteiger partial charge on any atom is 0.474 e. The number of fused-ring (bicyclic) bond motifs is 2. The number of benzene rings is 4. The molecule has 0 aliphatic rings. The minimum Gasteiger partial charge on any atom is -0.506 e. The summed E-state index contributed by atoms with van der Waals surface area (Å²) in [5.41, 5.74) is 5.69. The molecule has 6 aromatic rings. The van der Waals surface area contributed by atoms with Crippen LogP contribution in [0.2, 0.25) is 0 Å². The summed E-state index contributed by atoms with van der Waals surface area (Å²) in [6.07, 6.45) is 0. The molecule has 8 heteroatoms. The number of pyridine rings is 2. The molecule has 2 aromatic heterocycles. The van der Waals surface area contributed by atoms with Crippen molar-refractivity contribution in [3.8, 4) is 22.6 Å². The van der Waals surface area contributed by atoms with E-state index < -0.39 is 0 Å². The minimum absolute atomic E-state index is 0.0869. The van der Waals surface area contributed by atoms with Gasteiger partial charge in [0.25, 0.3) is 0 Å². The maximum atomic E-state index is 9.43. The van der Waals surface area contributed by atoms with Gasteiger partial charge >= 0.3 is 32.0 Å². The third-order valence-corrected chi connectivity index (χ3v) is 7.30. The number of hydrogen-bond donors (Lipinski definition) is 2. The summed E-state index contributed by atoms with van der Waals surface area (Å²) in [5.74, 6) is 0.493. The van der Waals surface area contributed by atoms with Crippen LogP contribution in [0.4, 0.5) is 0 Å². The molecule has 0 amide bonds. The molecular weight excluding hydrogens is 526 g/mol. The molecule has 0 fully saturated rings. The average molecular weight is 554 g/mol. The molecule has 0 bridgehead atoms. The number of nitrogens with zero attached hydrogens (tertiary/aromatic N) is 4. The predicted octanol–water partition coefficient (Wildman–Crippen LogP) is 6.63. The number of aromatic nitrogens is 2. The second-order valence-electron chi connectivity index (χ2n) is 8.95. The summed E-state index contributed by atoms with van der Waals surface area (Å²) in [7, 11) is 0. The van der Waals surface area contributed by atoms with Crippen molar-refractivity contribution in [2.75, 3.05) is 0 Å². The molecule has 40 heavy (non-hydrogen) atoms. The van der Waals surface area contributed by atoms with Gasteiger partial charge in [-0.2, -0.15) is 0 Å². The molecule has 0 saturated heterocycles. The van der Waals surface area contributed by atoms with E-state index >= 15 is 0 Å². The van der Waals surface area contributed by atoms with E-state index in [9.17, 15) is 10.2 Å². The van der Waals surface area contributed by atoms with Crippen LogP contribution in [0.25, 0.3) is 32.9 Å². The summed E-state index contributed by atoms with van der Waals surface area (Å²) in [6.45, 7) is 3.82. The summed E-state index contributed by atoms with van der Waals surface area (Å²) in [5, 5.41) is 20.8. The van der Waals surface area contributed by atoms with E-state index in [-0.39, 0.29) is 26.9 Å². The van der Waals surface area contributed by atoms with Crippen LogP contribution in [0.15, 0.2) is 123 Å². The van der Waals surface area contributed by atoms with Crippen molar-refractivity contribution in [1.82, 2.24) is 9.97 Å². The van der Waals surface area contributed by atoms with E-state index in [0.717, 1.165) is 22.2 Å². The molecule has 4 aromatic carbocycles. The molecule has 0 spiro atoms. The van der Waals surface area contributed by atoms with Gasteiger partial charge < -0.3 is 18.4 Å². The molecule has 0 atom stereocenters. The number of phenolic OH excluding ortho intramolecular Hbond substituents is 2. The third kappa shape index (κ3) is 7.99. The largest absolute Gasteiger partial charge is 0.506 e. The molecule has 6 nitrogen and oxygen atoms in total. The number of phenols is 2. The van der Waals surface area contributed by atoms with Crippen LogP contribution in [0.1, 0.15) is 11.4 Å². The molecule has 0 aliphatic carbocycles. The van der Waals surface area contributed by atoms with Gasteiger partial charge in [0.05, 0.1) is 0 Å². The highest BCUT2D eigenvalue weighted by Gasteiger charge is 2.01. The monoisotopic (exact) mass is 553 g/mol. The Kier molecular flexibility index (Phi) is 10.4. The lowest BCUT2D eigenvalue weighted by molar-refractivity contribution is 0.480. The normalized spacial score (nSPS) is 10.4. The summed E-state index contributed by atoms with van der Waals surface area (Å²) < 4.78 is 8.96. The van der Waals surface area contributed by atoms with Crippen molar-refractivity contribution >= 4 is 58.2 Å². The lowest BCUT2D eigenvalue weighted by Crippen LogP contribution is -2.10. The molecule has 2 N–H and O–H groups in total. The lowest BCUT2D eigenvalue weighted by Gasteiger charge is -2.01. The Morgan fingerprint density at radius 3 is 1.57 bits per heavy atom. The first-order valence-corrected chi connectivity index (χ1v) is 14.2. The number of aromatic hydroxyl groups is 2. The average Bonchev–Trinajstić information content (AvgIpc) is 2.98. The van der Waals surface area contributed by atoms with Gasteiger partial charge in [0, 0.05) is 22.2 Å².